The van der Waals surface area contributed by atoms with E-state index >= 15 is 0 Å². The summed E-state index contributed by atoms with van der Waals surface area (Å²) in [6.45, 7) is 0.345. The zero-order valence-corrected chi connectivity index (χ0v) is 15.8. The van der Waals surface area contributed by atoms with Crippen molar-refractivity contribution >= 4 is 22.6 Å². The Morgan fingerprint density at radius 1 is 1.07 bits per heavy atom. The van der Waals surface area contributed by atoms with Crippen LogP contribution in [0.4, 0.5) is 4.39 Å². The van der Waals surface area contributed by atoms with E-state index in [0.717, 1.165) is 11.1 Å². The van der Waals surface area contributed by atoms with Gasteiger partial charge in [0, 0.05) is 10.6 Å². The zero-order valence-electron chi connectivity index (χ0n) is 15.0. The molecule has 6 nitrogen and oxygen atoms in total. The van der Waals surface area contributed by atoms with Crippen molar-refractivity contribution in [2.75, 3.05) is 0 Å². The molecule has 0 radical (unpaired) electrons. The predicted octanol–water partition coefficient (Wildman–Crippen LogP) is 4.41. The van der Waals surface area contributed by atoms with E-state index in [1.165, 1.54) is 6.07 Å². The van der Waals surface area contributed by atoms with Crippen molar-refractivity contribution < 1.29 is 13.5 Å². The molecule has 2 aromatic carbocycles. The van der Waals surface area contributed by atoms with Crippen LogP contribution in [0.3, 0.4) is 0 Å². The van der Waals surface area contributed by atoms with Gasteiger partial charge in [-0.3, -0.25) is 0 Å². The third-order valence-corrected chi connectivity index (χ3v) is 4.73. The Morgan fingerprint density at radius 3 is 2.72 bits per heavy atom. The fourth-order valence-corrected chi connectivity index (χ4v) is 3.17. The highest BCUT2D eigenvalue weighted by Gasteiger charge is 2.16. The van der Waals surface area contributed by atoms with Gasteiger partial charge in [-0.1, -0.05) is 28.4 Å². The molecule has 3 aromatic heterocycles. The summed E-state index contributed by atoms with van der Waals surface area (Å²) in [4.78, 5) is 11.9. The summed E-state index contributed by atoms with van der Waals surface area (Å²) in [7, 11) is 0. The third-order valence-electron chi connectivity index (χ3n) is 4.48. The van der Waals surface area contributed by atoms with E-state index in [9.17, 15) is 4.39 Å². The van der Waals surface area contributed by atoms with Gasteiger partial charge in [0.2, 0.25) is 12.7 Å². The van der Waals surface area contributed by atoms with E-state index in [1.807, 2.05) is 12.1 Å². The fourth-order valence-electron chi connectivity index (χ4n) is 3.05. The molecule has 0 saturated carbocycles. The van der Waals surface area contributed by atoms with Gasteiger partial charge in [-0.2, -0.15) is 0 Å². The number of imidazole rings is 1. The van der Waals surface area contributed by atoms with Crippen LogP contribution in [-0.4, -0.2) is 20.1 Å². The molecule has 5 aromatic rings. The SMILES string of the molecule is Fc1ccccc1-c1nc2cn[n+](Cc3ncc(-c4ccc(Cl)cc4)o3)cc2[nH]1. The average molecular weight is 407 g/mol. The standard InChI is InChI=1S/C21H13ClFN5O/c22-14-7-5-13(6-8-14)19-10-24-20(29-19)12-28-11-18-17(9-25-28)26-21(27-18)15-3-1-2-4-16(15)23/h1-11H,12H2/p+1. The van der Waals surface area contributed by atoms with Crippen LogP contribution in [0.1, 0.15) is 5.89 Å². The maximum atomic E-state index is 14.0. The molecule has 5 rings (SSSR count). The molecular weight excluding hydrogens is 393 g/mol. The van der Waals surface area contributed by atoms with Gasteiger partial charge in [-0.05, 0) is 41.5 Å². The Morgan fingerprint density at radius 2 is 1.90 bits per heavy atom. The monoisotopic (exact) mass is 406 g/mol. The number of rotatable bonds is 4. The van der Waals surface area contributed by atoms with Crippen molar-refractivity contribution in [1.82, 2.24) is 20.1 Å². The highest BCUT2D eigenvalue weighted by Crippen LogP contribution is 2.23. The van der Waals surface area contributed by atoms with Crippen molar-refractivity contribution in [3.63, 3.8) is 0 Å². The first-order valence-corrected chi connectivity index (χ1v) is 9.24. The second kappa shape index (κ2) is 7.10. The van der Waals surface area contributed by atoms with E-state index in [4.69, 9.17) is 16.0 Å². The smallest absolute Gasteiger partial charge is 0.264 e. The molecule has 0 aliphatic heterocycles. The topological polar surface area (TPSA) is 71.5 Å². The largest absolute Gasteiger partial charge is 0.435 e. The molecule has 0 fully saturated rings. The number of aromatic amines is 1. The molecular formula is C21H14ClFN5O+. The summed E-state index contributed by atoms with van der Waals surface area (Å²) >= 11 is 5.92. The number of H-pyrrole nitrogens is 1. The summed E-state index contributed by atoms with van der Waals surface area (Å²) in [6.07, 6.45) is 5.09. The first-order valence-electron chi connectivity index (χ1n) is 8.87. The van der Waals surface area contributed by atoms with Gasteiger partial charge in [0.25, 0.3) is 5.89 Å². The second-order valence-corrected chi connectivity index (χ2v) is 6.90. The van der Waals surface area contributed by atoms with Gasteiger partial charge >= 0.3 is 0 Å². The first kappa shape index (κ1) is 17.5. The number of aromatic nitrogens is 5. The van der Waals surface area contributed by atoms with Crippen molar-refractivity contribution in [3.05, 3.63) is 83.9 Å². The van der Waals surface area contributed by atoms with Crippen LogP contribution in [0.15, 0.2) is 71.5 Å². The van der Waals surface area contributed by atoms with Gasteiger partial charge in [0.15, 0.2) is 5.76 Å². The Labute approximate surface area is 169 Å². The lowest BCUT2D eigenvalue weighted by atomic mass is 10.2. The van der Waals surface area contributed by atoms with Crippen molar-refractivity contribution in [2.24, 2.45) is 0 Å². The molecule has 0 unspecified atom stereocenters. The Hall–Kier alpha value is -3.58. The quantitative estimate of drug-likeness (QED) is 0.449. The van der Waals surface area contributed by atoms with Crippen LogP contribution in [-0.2, 0) is 6.54 Å². The number of oxazole rings is 1. The zero-order chi connectivity index (χ0) is 19.8. The summed E-state index contributed by atoms with van der Waals surface area (Å²) < 4.78 is 21.5. The van der Waals surface area contributed by atoms with Crippen LogP contribution < -0.4 is 4.68 Å². The maximum absolute atomic E-state index is 14.0. The number of hydrogen-bond acceptors (Lipinski definition) is 4. The number of nitrogens with zero attached hydrogens (tertiary/aromatic N) is 4. The minimum atomic E-state index is -0.332. The molecule has 0 aliphatic carbocycles. The predicted molar refractivity (Wildman–Crippen MR) is 106 cm³/mol. The molecule has 3 heterocycles. The summed E-state index contributed by atoms with van der Waals surface area (Å²) in [5, 5.41) is 5.01. The molecule has 1 N–H and O–H groups in total. The first-order chi connectivity index (χ1) is 14.2. The third kappa shape index (κ3) is 3.48. The van der Waals surface area contributed by atoms with Crippen LogP contribution in [0, 0.1) is 5.82 Å². The Balaban J connectivity index is 1.41. The highest BCUT2D eigenvalue weighted by atomic mass is 35.5. The normalized spacial score (nSPS) is 11.2. The van der Waals surface area contributed by atoms with Crippen LogP contribution >= 0.6 is 11.6 Å². The van der Waals surface area contributed by atoms with Crippen molar-refractivity contribution in [3.8, 4) is 22.7 Å². The van der Waals surface area contributed by atoms with Gasteiger partial charge in [-0.15, -0.1) is 0 Å². The fraction of sp³-hybridized carbons (Fsp3) is 0.0476. The van der Waals surface area contributed by atoms with Crippen LogP contribution in [0.25, 0.3) is 33.7 Å². The molecule has 0 amide bonds. The minimum Gasteiger partial charge on any atom is -0.435 e. The van der Waals surface area contributed by atoms with E-state index in [0.29, 0.717) is 40.1 Å². The number of benzene rings is 2. The van der Waals surface area contributed by atoms with Gasteiger partial charge < -0.3 is 9.40 Å². The van der Waals surface area contributed by atoms with Crippen molar-refractivity contribution in [1.29, 1.82) is 0 Å². The minimum absolute atomic E-state index is 0.332. The number of nitrogens with one attached hydrogen (secondary N) is 1. The van der Waals surface area contributed by atoms with Gasteiger partial charge in [0.05, 0.1) is 11.8 Å². The summed E-state index contributed by atoms with van der Waals surface area (Å²) in [6, 6.07) is 13.8. The number of halogens is 2. The molecule has 8 heteroatoms. The van der Waals surface area contributed by atoms with E-state index in [2.05, 4.69) is 20.1 Å². The lowest BCUT2D eigenvalue weighted by molar-refractivity contribution is -0.746. The molecule has 0 aliphatic rings. The molecule has 29 heavy (non-hydrogen) atoms. The van der Waals surface area contributed by atoms with Gasteiger partial charge in [-0.25, -0.2) is 14.4 Å². The summed E-state index contributed by atoms with van der Waals surface area (Å²) in [5.74, 6) is 1.29. The Kier molecular flexibility index (Phi) is 4.29. The second-order valence-electron chi connectivity index (χ2n) is 6.46. The lowest BCUT2D eigenvalue weighted by Gasteiger charge is -1.96. The molecule has 0 bridgehead atoms. The van der Waals surface area contributed by atoms with E-state index < -0.39 is 0 Å². The molecule has 142 valence electrons. The van der Waals surface area contributed by atoms with E-state index in [1.54, 1.807) is 53.6 Å². The van der Waals surface area contributed by atoms with Crippen molar-refractivity contribution in [2.45, 2.75) is 6.54 Å². The maximum Gasteiger partial charge on any atom is 0.264 e. The number of hydrogen-bond donors (Lipinski definition) is 1. The Bertz CT molecular complexity index is 1310. The van der Waals surface area contributed by atoms with Crippen LogP contribution in [0.5, 0.6) is 0 Å². The van der Waals surface area contributed by atoms with E-state index in [-0.39, 0.29) is 5.82 Å². The highest BCUT2D eigenvalue weighted by molar-refractivity contribution is 6.30. The lowest BCUT2D eigenvalue weighted by Crippen LogP contribution is -2.38. The molecule has 0 atom stereocenters. The molecule has 0 spiro atoms. The summed E-state index contributed by atoms with van der Waals surface area (Å²) in [5.41, 5.74) is 2.69. The average Bonchev–Trinajstić information content (AvgIpc) is 3.35. The van der Waals surface area contributed by atoms with Crippen LogP contribution in [0.2, 0.25) is 5.02 Å². The number of fused-ring (bicyclic) bond motifs is 1. The molecule has 0 saturated heterocycles. The van der Waals surface area contributed by atoms with Gasteiger partial charge in [0.1, 0.15) is 28.9 Å².